The van der Waals surface area contributed by atoms with Crippen molar-refractivity contribution in [3.8, 4) is 0 Å². The minimum Gasteiger partial charge on any atom is -0.394 e. The van der Waals surface area contributed by atoms with E-state index in [1.165, 1.54) is 4.90 Å². The lowest BCUT2D eigenvalue weighted by atomic mass is 10.3. The van der Waals surface area contributed by atoms with Crippen molar-refractivity contribution in [2.45, 2.75) is 24.3 Å². The van der Waals surface area contributed by atoms with Crippen LogP contribution in [0.5, 0.6) is 0 Å². The van der Waals surface area contributed by atoms with Gasteiger partial charge >= 0.3 is 0 Å². The van der Waals surface area contributed by atoms with Gasteiger partial charge < -0.3 is 10.4 Å². The largest absolute Gasteiger partial charge is 0.394 e. The molecule has 16 heavy (non-hydrogen) atoms. The molecule has 1 amide bonds. The molecular weight excluding hydrogens is 222 g/mol. The highest BCUT2D eigenvalue weighted by Crippen LogP contribution is 2.17. The predicted molar refractivity (Wildman–Crippen MR) is 66.5 cm³/mol. The summed E-state index contributed by atoms with van der Waals surface area (Å²) in [5.41, 5.74) is 0. The van der Waals surface area contributed by atoms with Gasteiger partial charge in [0.15, 0.2) is 0 Å². The molecule has 1 rings (SSSR count). The highest BCUT2D eigenvalue weighted by Gasteiger charge is 2.05. The van der Waals surface area contributed by atoms with E-state index in [2.05, 4.69) is 5.32 Å². The van der Waals surface area contributed by atoms with Crippen LogP contribution in [0.2, 0.25) is 0 Å². The topological polar surface area (TPSA) is 49.3 Å². The Morgan fingerprint density at radius 3 is 2.75 bits per heavy atom. The van der Waals surface area contributed by atoms with Gasteiger partial charge in [0.1, 0.15) is 0 Å². The summed E-state index contributed by atoms with van der Waals surface area (Å²) in [6.45, 7) is 1.76. The Kier molecular flexibility index (Phi) is 5.96. The molecule has 0 saturated carbocycles. The second-order valence-electron chi connectivity index (χ2n) is 3.56. The molecule has 0 aliphatic carbocycles. The first kappa shape index (κ1) is 13.1. The van der Waals surface area contributed by atoms with Gasteiger partial charge in [-0.1, -0.05) is 18.2 Å². The molecule has 1 aromatic rings. The Bertz CT molecular complexity index is 316. The molecule has 2 N–H and O–H groups in total. The molecule has 0 aromatic heterocycles. The predicted octanol–water partition coefficient (Wildman–Crippen LogP) is 1.67. The summed E-state index contributed by atoms with van der Waals surface area (Å²) >= 11 is 1.66. The zero-order chi connectivity index (χ0) is 11.8. The van der Waals surface area contributed by atoms with Crippen molar-refractivity contribution in [2.75, 3.05) is 12.4 Å². The number of hydrogen-bond acceptors (Lipinski definition) is 3. The lowest BCUT2D eigenvalue weighted by Gasteiger charge is -2.10. The first-order valence-corrected chi connectivity index (χ1v) is 6.29. The van der Waals surface area contributed by atoms with Gasteiger partial charge in [-0.15, -0.1) is 11.8 Å². The molecule has 0 bridgehead atoms. The first-order chi connectivity index (χ1) is 7.72. The number of rotatable bonds is 6. The standard InChI is InChI=1S/C12H17NO2S/c1-10(9-14)13-12(15)7-8-16-11-5-3-2-4-6-11/h2-6,10,14H,7-9H2,1H3,(H,13,15). The van der Waals surface area contributed by atoms with Crippen molar-refractivity contribution >= 4 is 17.7 Å². The van der Waals surface area contributed by atoms with Crippen LogP contribution in [-0.4, -0.2) is 29.4 Å². The van der Waals surface area contributed by atoms with Crippen LogP contribution >= 0.6 is 11.8 Å². The molecule has 0 aliphatic rings. The van der Waals surface area contributed by atoms with Gasteiger partial charge in [-0.05, 0) is 19.1 Å². The number of nitrogens with one attached hydrogen (secondary N) is 1. The van der Waals surface area contributed by atoms with E-state index in [0.717, 1.165) is 5.75 Å². The highest BCUT2D eigenvalue weighted by atomic mass is 32.2. The van der Waals surface area contributed by atoms with Crippen molar-refractivity contribution in [3.05, 3.63) is 30.3 Å². The second-order valence-corrected chi connectivity index (χ2v) is 4.73. The van der Waals surface area contributed by atoms with E-state index < -0.39 is 0 Å². The molecule has 4 heteroatoms. The van der Waals surface area contributed by atoms with Crippen molar-refractivity contribution in [3.63, 3.8) is 0 Å². The van der Waals surface area contributed by atoms with Gasteiger partial charge in [0.2, 0.25) is 5.91 Å². The maximum Gasteiger partial charge on any atom is 0.221 e. The summed E-state index contributed by atoms with van der Waals surface area (Å²) in [5, 5.41) is 11.5. The number of aliphatic hydroxyl groups excluding tert-OH is 1. The molecule has 1 atom stereocenters. The van der Waals surface area contributed by atoms with E-state index in [1.807, 2.05) is 30.3 Å². The van der Waals surface area contributed by atoms with Gasteiger partial charge in [0, 0.05) is 23.1 Å². The van der Waals surface area contributed by atoms with E-state index in [0.29, 0.717) is 6.42 Å². The highest BCUT2D eigenvalue weighted by molar-refractivity contribution is 7.99. The molecule has 3 nitrogen and oxygen atoms in total. The van der Waals surface area contributed by atoms with E-state index in [9.17, 15) is 4.79 Å². The average Bonchev–Trinajstić information content (AvgIpc) is 2.30. The van der Waals surface area contributed by atoms with Crippen LogP contribution in [0.3, 0.4) is 0 Å². The molecule has 0 fully saturated rings. The van der Waals surface area contributed by atoms with Crippen LogP contribution in [0.1, 0.15) is 13.3 Å². The van der Waals surface area contributed by atoms with Gasteiger partial charge in [0.25, 0.3) is 0 Å². The Morgan fingerprint density at radius 1 is 1.44 bits per heavy atom. The molecule has 1 aromatic carbocycles. The fourth-order valence-electron chi connectivity index (χ4n) is 1.17. The maximum atomic E-state index is 11.4. The fourth-order valence-corrected chi connectivity index (χ4v) is 2.04. The molecule has 0 spiro atoms. The normalized spacial score (nSPS) is 12.1. The molecule has 0 saturated heterocycles. The molecular formula is C12H17NO2S. The number of benzene rings is 1. The third kappa shape index (κ3) is 5.19. The number of thioether (sulfide) groups is 1. The zero-order valence-electron chi connectivity index (χ0n) is 9.35. The van der Waals surface area contributed by atoms with Crippen LogP contribution in [0, 0.1) is 0 Å². The van der Waals surface area contributed by atoms with E-state index in [1.54, 1.807) is 18.7 Å². The summed E-state index contributed by atoms with van der Waals surface area (Å²) in [6, 6.07) is 9.83. The molecule has 0 heterocycles. The van der Waals surface area contributed by atoms with Crippen LogP contribution in [-0.2, 0) is 4.79 Å². The first-order valence-electron chi connectivity index (χ1n) is 5.30. The van der Waals surface area contributed by atoms with E-state index >= 15 is 0 Å². The van der Waals surface area contributed by atoms with Crippen molar-refractivity contribution in [2.24, 2.45) is 0 Å². The molecule has 0 aliphatic heterocycles. The van der Waals surface area contributed by atoms with E-state index in [-0.39, 0.29) is 18.6 Å². The molecule has 1 unspecified atom stereocenters. The Balaban J connectivity index is 2.18. The Labute approximate surface area is 100 Å². The quantitative estimate of drug-likeness (QED) is 0.742. The van der Waals surface area contributed by atoms with Gasteiger partial charge in [-0.2, -0.15) is 0 Å². The van der Waals surface area contributed by atoms with Gasteiger partial charge in [-0.25, -0.2) is 0 Å². The van der Waals surface area contributed by atoms with Crippen LogP contribution in [0.4, 0.5) is 0 Å². The van der Waals surface area contributed by atoms with Crippen LogP contribution in [0.15, 0.2) is 35.2 Å². The van der Waals surface area contributed by atoms with Crippen LogP contribution in [0.25, 0.3) is 0 Å². The lowest BCUT2D eigenvalue weighted by molar-refractivity contribution is -0.121. The number of aliphatic hydroxyl groups is 1. The average molecular weight is 239 g/mol. The minimum atomic E-state index is -0.158. The maximum absolute atomic E-state index is 11.4. The lowest BCUT2D eigenvalue weighted by Crippen LogP contribution is -2.35. The monoisotopic (exact) mass is 239 g/mol. The third-order valence-corrected chi connectivity index (χ3v) is 3.04. The fraction of sp³-hybridized carbons (Fsp3) is 0.417. The van der Waals surface area contributed by atoms with Crippen molar-refractivity contribution in [1.82, 2.24) is 5.32 Å². The molecule has 88 valence electrons. The van der Waals surface area contributed by atoms with Gasteiger partial charge in [0.05, 0.1) is 6.61 Å². The smallest absolute Gasteiger partial charge is 0.221 e. The van der Waals surface area contributed by atoms with E-state index in [4.69, 9.17) is 5.11 Å². The number of hydrogen-bond donors (Lipinski definition) is 2. The van der Waals surface area contributed by atoms with Crippen molar-refractivity contribution in [1.29, 1.82) is 0 Å². The summed E-state index contributed by atoms with van der Waals surface area (Å²) in [7, 11) is 0. The SMILES string of the molecule is CC(CO)NC(=O)CCSc1ccccc1. The summed E-state index contributed by atoms with van der Waals surface area (Å²) < 4.78 is 0. The number of carbonyl (C=O) groups is 1. The van der Waals surface area contributed by atoms with Crippen LogP contribution < -0.4 is 5.32 Å². The number of amides is 1. The second kappa shape index (κ2) is 7.30. The summed E-state index contributed by atoms with van der Waals surface area (Å²) in [5.74, 6) is 0.749. The Hall–Kier alpha value is -1.00. The summed E-state index contributed by atoms with van der Waals surface area (Å²) in [6.07, 6.45) is 0.476. The van der Waals surface area contributed by atoms with Crippen molar-refractivity contribution < 1.29 is 9.90 Å². The Morgan fingerprint density at radius 2 is 2.12 bits per heavy atom. The zero-order valence-corrected chi connectivity index (χ0v) is 10.2. The number of carbonyl (C=O) groups excluding carboxylic acids is 1. The minimum absolute atomic E-state index is 0.00928. The van der Waals surface area contributed by atoms with Gasteiger partial charge in [-0.3, -0.25) is 4.79 Å². The third-order valence-electron chi connectivity index (χ3n) is 2.02. The molecule has 0 radical (unpaired) electrons. The summed E-state index contributed by atoms with van der Waals surface area (Å²) in [4.78, 5) is 12.5.